The molecule has 100 valence electrons. The molecule has 6 heteroatoms. The third-order valence-electron chi connectivity index (χ3n) is 2.78. The molecule has 0 spiro atoms. The zero-order valence-corrected chi connectivity index (χ0v) is 10.9. The average molecular weight is 262 g/mol. The third kappa shape index (κ3) is 2.37. The van der Waals surface area contributed by atoms with Gasteiger partial charge in [0.15, 0.2) is 5.69 Å². The molecule has 1 aromatic heterocycles. The van der Waals surface area contributed by atoms with Gasteiger partial charge in [-0.25, -0.2) is 4.79 Å². The summed E-state index contributed by atoms with van der Waals surface area (Å²) in [5, 5.41) is 12.9. The summed E-state index contributed by atoms with van der Waals surface area (Å²) in [6.45, 7) is 0. The number of benzene rings is 1. The molecule has 0 radical (unpaired) electrons. The molecule has 2 rings (SSSR count). The van der Waals surface area contributed by atoms with E-state index < -0.39 is 5.97 Å². The number of ether oxygens (including phenoxy) is 2. The maximum Gasteiger partial charge on any atom is 0.356 e. The van der Waals surface area contributed by atoms with Crippen LogP contribution in [0, 0.1) is 0 Å². The Morgan fingerprint density at radius 1 is 1.26 bits per heavy atom. The summed E-state index contributed by atoms with van der Waals surface area (Å²) in [6, 6.07) is 6.82. The molecular weight excluding hydrogens is 248 g/mol. The normalized spacial score (nSPS) is 10.3. The van der Waals surface area contributed by atoms with Gasteiger partial charge in [0.25, 0.3) is 0 Å². The molecule has 0 saturated heterocycles. The van der Waals surface area contributed by atoms with E-state index in [-0.39, 0.29) is 5.69 Å². The summed E-state index contributed by atoms with van der Waals surface area (Å²) in [5.41, 5.74) is 1.36. The lowest BCUT2D eigenvalue weighted by Crippen LogP contribution is -1.99. The molecule has 0 aliphatic carbocycles. The molecule has 19 heavy (non-hydrogen) atoms. The number of methoxy groups -OCH3 is 2. The van der Waals surface area contributed by atoms with E-state index in [1.54, 1.807) is 39.5 Å². The molecule has 0 aliphatic heterocycles. The number of carbonyl (C=O) groups is 1. The Hall–Kier alpha value is -2.50. The van der Waals surface area contributed by atoms with Crippen LogP contribution in [0.2, 0.25) is 0 Å². The highest BCUT2D eigenvalue weighted by atomic mass is 16.5. The lowest BCUT2D eigenvalue weighted by atomic mass is 10.1. The van der Waals surface area contributed by atoms with Gasteiger partial charge in [0.2, 0.25) is 0 Å². The highest BCUT2D eigenvalue weighted by Crippen LogP contribution is 2.33. The lowest BCUT2D eigenvalue weighted by molar-refractivity contribution is 0.0689. The van der Waals surface area contributed by atoms with Crippen LogP contribution in [-0.4, -0.2) is 35.1 Å². The second-order valence-corrected chi connectivity index (χ2v) is 3.91. The first-order valence-corrected chi connectivity index (χ1v) is 5.56. The van der Waals surface area contributed by atoms with Crippen molar-refractivity contribution < 1.29 is 19.4 Å². The van der Waals surface area contributed by atoms with Gasteiger partial charge in [0.1, 0.15) is 11.5 Å². The van der Waals surface area contributed by atoms with Gasteiger partial charge >= 0.3 is 5.97 Å². The van der Waals surface area contributed by atoms with Crippen molar-refractivity contribution in [1.29, 1.82) is 0 Å². The fraction of sp³-hybridized carbons (Fsp3) is 0.231. The van der Waals surface area contributed by atoms with E-state index >= 15 is 0 Å². The maximum atomic E-state index is 10.9. The van der Waals surface area contributed by atoms with Crippen LogP contribution in [0.1, 0.15) is 10.5 Å². The first-order chi connectivity index (χ1) is 9.06. The van der Waals surface area contributed by atoms with Crippen molar-refractivity contribution in [2.24, 2.45) is 7.05 Å². The van der Waals surface area contributed by atoms with Crippen molar-refractivity contribution in [2.75, 3.05) is 14.2 Å². The minimum absolute atomic E-state index is 0.0117. The molecule has 1 aromatic carbocycles. The van der Waals surface area contributed by atoms with Crippen LogP contribution < -0.4 is 9.47 Å². The minimum atomic E-state index is -1.07. The van der Waals surface area contributed by atoms with Crippen LogP contribution in [-0.2, 0) is 7.05 Å². The summed E-state index contributed by atoms with van der Waals surface area (Å²) in [4.78, 5) is 10.9. The van der Waals surface area contributed by atoms with Gasteiger partial charge < -0.3 is 14.6 Å². The Bertz CT molecular complexity index is 619. The molecule has 0 atom stereocenters. The largest absolute Gasteiger partial charge is 0.497 e. The van der Waals surface area contributed by atoms with Gasteiger partial charge in [-0.1, -0.05) is 0 Å². The highest BCUT2D eigenvalue weighted by molar-refractivity contribution is 5.87. The van der Waals surface area contributed by atoms with Crippen LogP contribution in [0.5, 0.6) is 11.5 Å². The Balaban J connectivity index is 2.59. The zero-order valence-electron chi connectivity index (χ0n) is 10.9. The van der Waals surface area contributed by atoms with Crippen LogP contribution >= 0.6 is 0 Å². The number of carboxylic acids is 1. The first-order valence-electron chi connectivity index (χ1n) is 5.56. The number of aromatic carboxylic acids is 1. The van der Waals surface area contributed by atoms with Gasteiger partial charge in [-0.2, -0.15) is 5.10 Å². The van der Waals surface area contributed by atoms with Crippen molar-refractivity contribution >= 4 is 5.97 Å². The number of hydrogen-bond donors (Lipinski definition) is 1. The predicted octanol–water partition coefficient (Wildman–Crippen LogP) is 1.80. The number of hydrogen-bond acceptors (Lipinski definition) is 4. The molecule has 0 fully saturated rings. The first kappa shape index (κ1) is 12.9. The van der Waals surface area contributed by atoms with Gasteiger partial charge in [-0.05, 0) is 24.3 Å². The van der Waals surface area contributed by atoms with E-state index in [9.17, 15) is 4.79 Å². The minimum Gasteiger partial charge on any atom is -0.497 e. The van der Waals surface area contributed by atoms with Crippen molar-refractivity contribution in [3.63, 3.8) is 0 Å². The SMILES string of the molecule is COc1ccc(OC)c(-c2cc(C(=O)O)nn2C)c1. The Morgan fingerprint density at radius 3 is 2.53 bits per heavy atom. The molecule has 0 bridgehead atoms. The predicted molar refractivity (Wildman–Crippen MR) is 68.7 cm³/mol. The topological polar surface area (TPSA) is 73.6 Å². The molecule has 0 aliphatic rings. The van der Waals surface area contributed by atoms with Gasteiger partial charge in [-0.3, -0.25) is 4.68 Å². The Labute approximate surface area is 110 Å². The molecule has 6 nitrogen and oxygen atoms in total. The van der Waals surface area contributed by atoms with E-state index in [2.05, 4.69) is 5.10 Å². The number of carboxylic acid groups (broad SMARTS) is 1. The second-order valence-electron chi connectivity index (χ2n) is 3.91. The average Bonchev–Trinajstić information content (AvgIpc) is 2.80. The van der Waals surface area contributed by atoms with Crippen LogP contribution in [0.25, 0.3) is 11.3 Å². The number of rotatable bonds is 4. The van der Waals surface area contributed by atoms with Crippen LogP contribution in [0.15, 0.2) is 24.3 Å². The van der Waals surface area contributed by atoms with Gasteiger partial charge in [-0.15, -0.1) is 0 Å². The van der Waals surface area contributed by atoms with Gasteiger partial charge in [0, 0.05) is 12.6 Å². The van der Waals surface area contributed by atoms with Crippen LogP contribution in [0.3, 0.4) is 0 Å². The molecule has 1 N–H and O–H groups in total. The van der Waals surface area contributed by atoms with E-state index in [1.807, 2.05) is 0 Å². The van der Waals surface area contributed by atoms with Crippen molar-refractivity contribution in [1.82, 2.24) is 9.78 Å². The summed E-state index contributed by atoms with van der Waals surface area (Å²) in [6.07, 6.45) is 0. The van der Waals surface area contributed by atoms with Crippen LogP contribution in [0.4, 0.5) is 0 Å². The number of aryl methyl sites for hydroxylation is 1. The highest BCUT2D eigenvalue weighted by Gasteiger charge is 2.16. The monoisotopic (exact) mass is 262 g/mol. The third-order valence-corrected chi connectivity index (χ3v) is 2.78. The molecule has 0 unspecified atom stereocenters. The number of nitrogens with zero attached hydrogens (tertiary/aromatic N) is 2. The molecule has 0 amide bonds. The van der Waals surface area contributed by atoms with Crippen molar-refractivity contribution in [2.45, 2.75) is 0 Å². The van der Waals surface area contributed by atoms with Crippen molar-refractivity contribution in [3.05, 3.63) is 30.0 Å². The summed E-state index contributed by atoms with van der Waals surface area (Å²) >= 11 is 0. The van der Waals surface area contributed by atoms with E-state index in [0.717, 1.165) is 5.56 Å². The Kier molecular flexibility index (Phi) is 3.41. The fourth-order valence-electron chi connectivity index (χ4n) is 1.84. The lowest BCUT2D eigenvalue weighted by Gasteiger charge is -2.10. The zero-order chi connectivity index (χ0) is 14.0. The molecule has 0 saturated carbocycles. The smallest absolute Gasteiger partial charge is 0.356 e. The summed E-state index contributed by atoms with van der Waals surface area (Å²) < 4.78 is 11.9. The number of aromatic nitrogens is 2. The quantitative estimate of drug-likeness (QED) is 0.909. The van der Waals surface area contributed by atoms with Crippen molar-refractivity contribution in [3.8, 4) is 22.8 Å². The fourth-order valence-corrected chi connectivity index (χ4v) is 1.84. The standard InChI is InChI=1S/C13H14N2O4/c1-15-11(7-10(14-15)13(16)17)9-6-8(18-2)4-5-12(9)19-3/h4-7H,1-3H3,(H,16,17). The van der Waals surface area contributed by atoms with E-state index in [1.165, 1.54) is 10.7 Å². The summed E-state index contributed by atoms with van der Waals surface area (Å²) in [5.74, 6) is 0.221. The second kappa shape index (κ2) is 5.01. The molecule has 1 heterocycles. The maximum absolute atomic E-state index is 10.9. The van der Waals surface area contributed by atoms with Gasteiger partial charge in [0.05, 0.1) is 19.9 Å². The Morgan fingerprint density at radius 2 is 2.00 bits per heavy atom. The molecule has 2 aromatic rings. The summed E-state index contributed by atoms with van der Waals surface area (Å²) in [7, 11) is 4.80. The molecular formula is C13H14N2O4. The van der Waals surface area contributed by atoms with E-state index in [4.69, 9.17) is 14.6 Å². The van der Waals surface area contributed by atoms with E-state index in [0.29, 0.717) is 17.2 Å².